The van der Waals surface area contributed by atoms with Crippen LogP contribution < -0.4 is 4.72 Å². The number of hydrogen-bond acceptors (Lipinski definition) is 3. The maximum absolute atomic E-state index is 11.8. The molecule has 0 aliphatic rings. The van der Waals surface area contributed by atoms with Gasteiger partial charge >= 0.3 is 0 Å². The van der Waals surface area contributed by atoms with Crippen LogP contribution in [-0.2, 0) is 10.0 Å². The maximum Gasteiger partial charge on any atom is 0.265 e. The van der Waals surface area contributed by atoms with Crippen molar-refractivity contribution < 1.29 is 8.42 Å². The van der Waals surface area contributed by atoms with Gasteiger partial charge in [0, 0.05) is 10.7 Å². The van der Waals surface area contributed by atoms with Gasteiger partial charge in [-0.2, -0.15) is 5.10 Å². The van der Waals surface area contributed by atoms with E-state index in [1.54, 1.807) is 12.1 Å². The summed E-state index contributed by atoms with van der Waals surface area (Å²) in [5, 5.41) is 6.45. The fraction of sp³-hybridized carbons (Fsp3) is 0. The number of sulfonamides is 1. The van der Waals surface area contributed by atoms with Gasteiger partial charge in [-0.25, -0.2) is 8.42 Å². The Balaban J connectivity index is 2.30. The van der Waals surface area contributed by atoms with Crippen LogP contribution in [-0.4, -0.2) is 18.6 Å². The van der Waals surface area contributed by atoms with Crippen LogP contribution in [0.5, 0.6) is 0 Å². The third-order valence-corrected chi connectivity index (χ3v) is 4.54. The molecule has 0 aliphatic carbocycles. The van der Waals surface area contributed by atoms with E-state index in [2.05, 4.69) is 30.8 Å². The van der Waals surface area contributed by atoms with Crippen LogP contribution in [0.2, 0.25) is 5.02 Å². The highest BCUT2D eigenvalue weighted by Crippen LogP contribution is 2.26. The molecule has 0 radical (unpaired) electrons. The molecular weight excluding hydrogens is 330 g/mol. The van der Waals surface area contributed by atoms with E-state index >= 15 is 0 Å². The van der Waals surface area contributed by atoms with E-state index in [1.165, 1.54) is 18.5 Å². The van der Waals surface area contributed by atoms with Gasteiger partial charge in [0.05, 0.1) is 16.9 Å². The van der Waals surface area contributed by atoms with Crippen molar-refractivity contribution >= 4 is 43.2 Å². The summed E-state index contributed by atoms with van der Waals surface area (Å²) in [6, 6.07) is 4.78. The summed E-state index contributed by atoms with van der Waals surface area (Å²) in [6.45, 7) is 0. The average molecular weight is 337 g/mol. The first-order chi connectivity index (χ1) is 7.99. The molecule has 0 saturated carbocycles. The lowest BCUT2D eigenvalue weighted by Gasteiger charge is -2.06. The predicted molar refractivity (Wildman–Crippen MR) is 68.5 cm³/mol. The minimum absolute atomic E-state index is 0.0662. The van der Waals surface area contributed by atoms with Crippen LogP contribution >= 0.6 is 27.5 Å². The molecule has 0 unspecified atom stereocenters. The summed E-state index contributed by atoms with van der Waals surface area (Å²) >= 11 is 9.09. The number of H-pyrrole nitrogens is 1. The van der Waals surface area contributed by atoms with Crippen molar-refractivity contribution in [3.63, 3.8) is 0 Å². The van der Waals surface area contributed by atoms with Gasteiger partial charge < -0.3 is 0 Å². The second kappa shape index (κ2) is 4.67. The highest BCUT2D eigenvalue weighted by Gasteiger charge is 2.15. The molecule has 2 aromatic rings. The number of rotatable bonds is 3. The monoisotopic (exact) mass is 335 g/mol. The van der Waals surface area contributed by atoms with Crippen molar-refractivity contribution in [3.8, 4) is 0 Å². The highest BCUT2D eigenvalue weighted by molar-refractivity contribution is 9.10. The normalized spacial score (nSPS) is 11.4. The van der Waals surface area contributed by atoms with Crippen LogP contribution in [0.1, 0.15) is 0 Å². The molecule has 1 aromatic carbocycles. The zero-order valence-corrected chi connectivity index (χ0v) is 11.5. The Hall–Kier alpha value is -1.05. The number of nitrogens with zero attached hydrogens (tertiary/aromatic N) is 1. The molecule has 2 rings (SSSR count). The van der Waals surface area contributed by atoms with Gasteiger partial charge in [-0.15, -0.1) is 0 Å². The number of anilines is 1. The summed E-state index contributed by atoms with van der Waals surface area (Å²) in [5.41, 5.74) is 0.388. The number of aromatic amines is 1. The van der Waals surface area contributed by atoms with Crippen molar-refractivity contribution in [2.45, 2.75) is 4.90 Å². The molecule has 0 spiro atoms. The number of nitrogens with one attached hydrogen (secondary N) is 2. The molecular formula is C9H7BrClN3O2S. The average Bonchev–Trinajstić information content (AvgIpc) is 2.77. The van der Waals surface area contributed by atoms with E-state index in [9.17, 15) is 8.42 Å². The number of aromatic nitrogens is 2. The molecule has 0 saturated heterocycles. The van der Waals surface area contributed by atoms with Gasteiger partial charge in [-0.3, -0.25) is 9.82 Å². The van der Waals surface area contributed by atoms with Crippen molar-refractivity contribution in [1.82, 2.24) is 10.2 Å². The lowest BCUT2D eigenvalue weighted by Crippen LogP contribution is -2.12. The minimum Gasteiger partial charge on any atom is -0.284 e. The second-order valence-electron chi connectivity index (χ2n) is 3.17. The van der Waals surface area contributed by atoms with E-state index in [4.69, 9.17) is 11.6 Å². The highest BCUT2D eigenvalue weighted by atomic mass is 79.9. The number of halogens is 2. The Kier molecular flexibility index (Phi) is 3.41. The third-order valence-electron chi connectivity index (χ3n) is 1.96. The van der Waals surface area contributed by atoms with Gasteiger partial charge in [0.1, 0.15) is 4.90 Å². The zero-order chi connectivity index (χ0) is 12.5. The van der Waals surface area contributed by atoms with E-state index in [0.29, 0.717) is 15.2 Å². The molecule has 0 aliphatic heterocycles. The Labute approximate surface area is 111 Å². The number of benzene rings is 1. The Bertz CT molecular complexity index is 628. The summed E-state index contributed by atoms with van der Waals surface area (Å²) in [7, 11) is -3.62. The van der Waals surface area contributed by atoms with Crippen molar-refractivity contribution in [2.24, 2.45) is 0 Å². The molecule has 1 aromatic heterocycles. The van der Waals surface area contributed by atoms with Crippen LogP contribution in [0.3, 0.4) is 0 Å². The van der Waals surface area contributed by atoms with Crippen LogP contribution in [0.25, 0.3) is 0 Å². The summed E-state index contributed by atoms with van der Waals surface area (Å²) < 4.78 is 26.8. The summed E-state index contributed by atoms with van der Waals surface area (Å²) in [5.74, 6) is 0. The molecule has 8 heteroatoms. The molecule has 2 N–H and O–H groups in total. The van der Waals surface area contributed by atoms with Crippen LogP contribution in [0.4, 0.5) is 5.69 Å². The van der Waals surface area contributed by atoms with Crippen molar-refractivity contribution in [2.75, 3.05) is 4.72 Å². The Morgan fingerprint density at radius 2 is 2.18 bits per heavy atom. The van der Waals surface area contributed by atoms with Gasteiger partial charge in [0.2, 0.25) is 0 Å². The van der Waals surface area contributed by atoms with Gasteiger partial charge in [0.25, 0.3) is 10.0 Å². The fourth-order valence-corrected chi connectivity index (χ4v) is 2.54. The molecule has 0 amide bonds. The smallest absolute Gasteiger partial charge is 0.265 e. The van der Waals surface area contributed by atoms with Crippen LogP contribution in [0.15, 0.2) is 40.0 Å². The van der Waals surface area contributed by atoms with Crippen LogP contribution in [0, 0.1) is 0 Å². The lowest BCUT2D eigenvalue weighted by atomic mass is 10.3. The first-order valence-corrected chi connectivity index (χ1v) is 7.11. The van der Waals surface area contributed by atoms with Gasteiger partial charge in [-0.1, -0.05) is 11.6 Å². The largest absolute Gasteiger partial charge is 0.284 e. The van der Waals surface area contributed by atoms with Crippen molar-refractivity contribution in [1.29, 1.82) is 0 Å². The quantitative estimate of drug-likeness (QED) is 0.905. The number of hydrogen-bond donors (Lipinski definition) is 2. The van der Waals surface area contributed by atoms with Crippen molar-refractivity contribution in [3.05, 3.63) is 40.1 Å². The Morgan fingerprint density at radius 1 is 1.41 bits per heavy atom. The molecule has 1 heterocycles. The van der Waals surface area contributed by atoms with E-state index in [1.807, 2.05) is 0 Å². The second-order valence-corrected chi connectivity index (χ2v) is 6.11. The summed E-state index contributed by atoms with van der Waals surface area (Å²) in [4.78, 5) is 0.0662. The van der Waals surface area contributed by atoms with Gasteiger partial charge in [-0.05, 0) is 34.1 Å². The molecule has 0 fully saturated rings. The van der Waals surface area contributed by atoms with E-state index < -0.39 is 10.0 Å². The predicted octanol–water partition coefficient (Wildman–Crippen LogP) is 2.63. The maximum atomic E-state index is 11.8. The fourth-order valence-electron chi connectivity index (χ4n) is 1.16. The van der Waals surface area contributed by atoms with E-state index in [-0.39, 0.29) is 4.90 Å². The van der Waals surface area contributed by atoms with E-state index in [0.717, 1.165) is 0 Å². The molecule has 90 valence electrons. The molecule has 5 nitrogen and oxygen atoms in total. The minimum atomic E-state index is -3.62. The van der Waals surface area contributed by atoms with Gasteiger partial charge in [0.15, 0.2) is 0 Å². The first kappa shape index (κ1) is 12.4. The zero-order valence-electron chi connectivity index (χ0n) is 8.31. The lowest BCUT2D eigenvalue weighted by molar-refractivity contribution is 0.601. The Morgan fingerprint density at radius 3 is 2.76 bits per heavy atom. The SMILES string of the molecule is O=S(=O)(Nc1ccc(Br)c(Cl)c1)c1cn[nH]c1. The topological polar surface area (TPSA) is 74.8 Å². The summed E-state index contributed by atoms with van der Waals surface area (Å²) in [6.07, 6.45) is 2.52. The molecule has 17 heavy (non-hydrogen) atoms. The first-order valence-electron chi connectivity index (χ1n) is 4.46. The molecule has 0 bridgehead atoms. The molecule has 0 atom stereocenters. The third kappa shape index (κ3) is 2.80. The standard InChI is InChI=1S/C9H7BrClN3O2S/c10-8-2-1-6(3-9(8)11)14-17(15,16)7-4-12-13-5-7/h1-5,14H,(H,12,13).